The Morgan fingerprint density at radius 1 is 1.10 bits per heavy atom. The van der Waals surface area contributed by atoms with Crippen LogP contribution in [0, 0.1) is 12.3 Å². The Morgan fingerprint density at radius 2 is 1.75 bits per heavy atom. The predicted molar refractivity (Wildman–Crippen MR) is 99.9 cm³/mol. The fourth-order valence-electron chi connectivity index (χ4n) is 1.93. The summed E-state index contributed by atoms with van der Waals surface area (Å²) in [4.78, 5) is 7.03. The molecule has 0 aliphatic rings. The highest BCUT2D eigenvalue weighted by atomic mass is 127. The number of nitrogens with zero attached hydrogens (tertiary/aromatic N) is 2. The molecule has 0 spiro atoms. The molecule has 118 valence electrons. The van der Waals surface area contributed by atoms with Crippen LogP contribution in [0.3, 0.4) is 0 Å². The summed E-state index contributed by atoms with van der Waals surface area (Å²) in [6.45, 7) is 12.2. The number of hydrogen-bond acceptors (Lipinski definition) is 2. The van der Waals surface area contributed by atoms with Crippen molar-refractivity contribution in [3.05, 3.63) is 0 Å². The largest absolute Gasteiger partial charge is 0.357 e. The molecule has 0 bridgehead atoms. The summed E-state index contributed by atoms with van der Waals surface area (Å²) >= 11 is 0. The zero-order valence-electron chi connectivity index (χ0n) is 13.2. The number of terminal acetylenes is 1. The Hall–Kier alpha value is -0.480. The summed E-state index contributed by atoms with van der Waals surface area (Å²) in [6.07, 6.45) is 8.76. The standard InChI is InChI=1S/C15H30N4.HI/c1-5-10-17-15(16-8-4)18-11-9-14-19(12-6-2)13-7-3;/h1H,6-14H2,2-4H3,(H2,16,17,18);1H. The smallest absolute Gasteiger partial charge is 0.192 e. The second-order valence-corrected chi connectivity index (χ2v) is 4.51. The van der Waals surface area contributed by atoms with Crippen LogP contribution in [-0.4, -0.2) is 50.1 Å². The molecule has 0 amide bonds. The molecule has 2 N–H and O–H groups in total. The van der Waals surface area contributed by atoms with Gasteiger partial charge >= 0.3 is 0 Å². The van der Waals surface area contributed by atoms with Gasteiger partial charge in [0.15, 0.2) is 5.96 Å². The molecule has 0 saturated heterocycles. The first-order valence-corrected chi connectivity index (χ1v) is 7.46. The summed E-state index contributed by atoms with van der Waals surface area (Å²) in [5, 5.41) is 6.28. The average molecular weight is 394 g/mol. The topological polar surface area (TPSA) is 39.7 Å². The number of hydrogen-bond donors (Lipinski definition) is 2. The van der Waals surface area contributed by atoms with E-state index < -0.39 is 0 Å². The van der Waals surface area contributed by atoms with E-state index in [0.29, 0.717) is 6.54 Å². The van der Waals surface area contributed by atoms with E-state index in [9.17, 15) is 0 Å². The van der Waals surface area contributed by atoms with E-state index in [0.717, 1.165) is 32.0 Å². The van der Waals surface area contributed by atoms with E-state index in [2.05, 4.69) is 47.2 Å². The van der Waals surface area contributed by atoms with Crippen LogP contribution in [0.4, 0.5) is 0 Å². The first-order chi connectivity index (χ1) is 9.28. The lowest BCUT2D eigenvalue weighted by molar-refractivity contribution is 0.273. The van der Waals surface area contributed by atoms with Gasteiger partial charge in [0.05, 0.1) is 6.54 Å². The SMILES string of the molecule is C#CCNC(=NCCCN(CCC)CCC)NCC.I. The van der Waals surface area contributed by atoms with Crippen molar-refractivity contribution >= 4 is 29.9 Å². The van der Waals surface area contributed by atoms with Crippen LogP contribution in [0.1, 0.15) is 40.0 Å². The van der Waals surface area contributed by atoms with E-state index in [4.69, 9.17) is 6.42 Å². The van der Waals surface area contributed by atoms with Gasteiger partial charge in [-0.15, -0.1) is 30.4 Å². The monoisotopic (exact) mass is 394 g/mol. The van der Waals surface area contributed by atoms with E-state index >= 15 is 0 Å². The fourth-order valence-corrected chi connectivity index (χ4v) is 1.93. The average Bonchev–Trinajstić information content (AvgIpc) is 2.41. The number of rotatable bonds is 10. The molecule has 0 aliphatic heterocycles. The van der Waals surface area contributed by atoms with Crippen LogP contribution in [-0.2, 0) is 0 Å². The molecule has 4 nitrogen and oxygen atoms in total. The third-order valence-electron chi connectivity index (χ3n) is 2.68. The fraction of sp³-hybridized carbons (Fsp3) is 0.800. The maximum absolute atomic E-state index is 5.23. The quantitative estimate of drug-likeness (QED) is 0.196. The molecule has 20 heavy (non-hydrogen) atoms. The zero-order chi connectivity index (χ0) is 14.3. The molecule has 5 heteroatoms. The summed E-state index contributed by atoms with van der Waals surface area (Å²) in [7, 11) is 0. The molecule has 0 unspecified atom stereocenters. The van der Waals surface area contributed by atoms with E-state index in [1.807, 2.05) is 0 Å². The Morgan fingerprint density at radius 3 is 2.25 bits per heavy atom. The predicted octanol–water partition coefficient (Wildman–Crippen LogP) is 2.30. The van der Waals surface area contributed by atoms with Gasteiger partial charge in [0.2, 0.25) is 0 Å². The van der Waals surface area contributed by atoms with Crippen LogP contribution in [0.15, 0.2) is 4.99 Å². The number of nitrogens with one attached hydrogen (secondary N) is 2. The molecule has 0 aromatic heterocycles. The van der Waals surface area contributed by atoms with E-state index in [1.165, 1.54) is 25.9 Å². The maximum atomic E-state index is 5.23. The summed E-state index contributed by atoms with van der Waals surface area (Å²) in [5.41, 5.74) is 0. The lowest BCUT2D eigenvalue weighted by atomic mass is 10.3. The van der Waals surface area contributed by atoms with Crippen molar-refractivity contribution in [2.45, 2.75) is 40.0 Å². The number of halogens is 1. The summed E-state index contributed by atoms with van der Waals surface area (Å²) < 4.78 is 0. The first-order valence-electron chi connectivity index (χ1n) is 7.46. The van der Waals surface area contributed by atoms with Gasteiger partial charge in [0.1, 0.15) is 0 Å². The van der Waals surface area contributed by atoms with Crippen molar-refractivity contribution in [1.29, 1.82) is 0 Å². The van der Waals surface area contributed by atoms with E-state index in [1.54, 1.807) is 0 Å². The molecule has 0 saturated carbocycles. The Kier molecular flexibility index (Phi) is 18.1. The van der Waals surface area contributed by atoms with Crippen LogP contribution >= 0.6 is 24.0 Å². The van der Waals surface area contributed by atoms with Crippen molar-refractivity contribution in [2.75, 3.05) is 39.3 Å². The Bertz CT molecular complexity index is 268. The van der Waals surface area contributed by atoms with Crippen LogP contribution in [0.5, 0.6) is 0 Å². The van der Waals surface area contributed by atoms with Gasteiger partial charge in [-0.25, -0.2) is 0 Å². The lowest BCUT2D eigenvalue weighted by Crippen LogP contribution is -2.37. The van der Waals surface area contributed by atoms with E-state index in [-0.39, 0.29) is 24.0 Å². The minimum absolute atomic E-state index is 0. The number of aliphatic imine (C=N–C) groups is 1. The third-order valence-corrected chi connectivity index (χ3v) is 2.68. The highest BCUT2D eigenvalue weighted by Crippen LogP contribution is 1.96. The normalized spacial score (nSPS) is 10.8. The van der Waals surface area contributed by atoms with Gasteiger partial charge in [-0.1, -0.05) is 19.8 Å². The Balaban J connectivity index is 0. The second kappa shape index (κ2) is 16.6. The number of guanidine groups is 1. The van der Waals surface area contributed by atoms with Gasteiger partial charge in [-0.3, -0.25) is 4.99 Å². The second-order valence-electron chi connectivity index (χ2n) is 4.51. The minimum Gasteiger partial charge on any atom is -0.357 e. The zero-order valence-corrected chi connectivity index (χ0v) is 15.6. The highest BCUT2D eigenvalue weighted by molar-refractivity contribution is 14.0. The first kappa shape index (κ1) is 21.8. The maximum Gasteiger partial charge on any atom is 0.192 e. The van der Waals surface area contributed by atoms with Crippen molar-refractivity contribution in [2.24, 2.45) is 4.99 Å². The summed E-state index contributed by atoms with van der Waals surface area (Å²) in [5.74, 6) is 3.38. The van der Waals surface area contributed by atoms with Gasteiger partial charge in [0, 0.05) is 13.1 Å². The molecular formula is C15H31IN4. The van der Waals surface area contributed by atoms with Crippen LogP contribution < -0.4 is 10.6 Å². The molecule has 0 atom stereocenters. The van der Waals surface area contributed by atoms with Crippen LogP contribution in [0.2, 0.25) is 0 Å². The minimum atomic E-state index is 0. The molecular weight excluding hydrogens is 363 g/mol. The molecule has 0 aliphatic carbocycles. The molecule has 0 radical (unpaired) electrons. The van der Waals surface area contributed by atoms with Crippen LogP contribution in [0.25, 0.3) is 0 Å². The molecule has 0 rings (SSSR count). The van der Waals surface area contributed by atoms with Crippen molar-refractivity contribution in [1.82, 2.24) is 15.5 Å². The van der Waals surface area contributed by atoms with Crippen molar-refractivity contribution in [3.8, 4) is 12.3 Å². The van der Waals surface area contributed by atoms with Crippen molar-refractivity contribution in [3.63, 3.8) is 0 Å². The van der Waals surface area contributed by atoms with Crippen molar-refractivity contribution < 1.29 is 0 Å². The highest BCUT2D eigenvalue weighted by Gasteiger charge is 2.01. The molecule has 0 aromatic rings. The molecule has 0 fully saturated rings. The molecule has 0 aromatic carbocycles. The van der Waals surface area contributed by atoms with Gasteiger partial charge in [-0.05, 0) is 45.8 Å². The van der Waals surface area contributed by atoms with Gasteiger partial charge in [0.25, 0.3) is 0 Å². The van der Waals surface area contributed by atoms with Gasteiger partial charge < -0.3 is 15.5 Å². The third kappa shape index (κ3) is 12.5. The Labute approximate surface area is 142 Å². The van der Waals surface area contributed by atoms with Gasteiger partial charge in [-0.2, -0.15) is 0 Å². The summed E-state index contributed by atoms with van der Waals surface area (Å²) in [6, 6.07) is 0. The lowest BCUT2D eigenvalue weighted by Gasteiger charge is -2.20. The molecule has 0 heterocycles.